The Morgan fingerprint density at radius 2 is 1.84 bits per heavy atom. The van der Waals surface area contributed by atoms with Gasteiger partial charge in [-0.05, 0) is 35.4 Å². The topological polar surface area (TPSA) is 72.5 Å². The predicted molar refractivity (Wildman–Crippen MR) is 97.8 cm³/mol. The van der Waals surface area contributed by atoms with Gasteiger partial charge in [-0.25, -0.2) is 4.79 Å². The number of carbonyl (C=O) groups is 2. The third-order valence-corrected chi connectivity index (χ3v) is 4.22. The maximum Gasteiger partial charge on any atom is 0.338 e. The van der Waals surface area contributed by atoms with E-state index in [0.29, 0.717) is 22.9 Å². The molecule has 25 heavy (non-hydrogen) atoms. The fourth-order valence-corrected chi connectivity index (χ4v) is 3.00. The van der Waals surface area contributed by atoms with E-state index in [1.807, 2.05) is 6.07 Å². The zero-order valence-corrected chi connectivity index (χ0v) is 15.2. The zero-order chi connectivity index (χ0) is 18.2. The summed E-state index contributed by atoms with van der Waals surface area (Å²) in [6.07, 6.45) is 1.59. The molecule has 1 amide bonds. The van der Waals surface area contributed by atoms with E-state index < -0.39 is 22.7 Å². The standard InChI is InChI=1S/C18H18ClNO4S/c1-25(23)12-14-5-2-6-15(8-14)18(22)24-11-17(21)20-10-13-4-3-7-16(19)9-13/h2-9H,10-12H2,1H3,(H,20,21). The van der Waals surface area contributed by atoms with Crippen LogP contribution in [0, 0.1) is 0 Å². The Morgan fingerprint density at radius 3 is 2.56 bits per heavy atom. The summed E-state index contributed by atoms with van der Waals surface area (Å²) in [5.74, 6) is -0.637. The summed E-state index contributed by atoms with van der Waals surface area (Å²) in [5, 5.41) is 3.24. The van der Waals surface area contributed by atoms with E-state index in [9.17, 15) is 13.8 Å². The molecule has 2 rings (SSSR count). The Hall–Kier alpha value is -2.18. The first-order chi connectivity index (χ1) is 11.9. The molecule has 2 aromatic rings. The van der Waals surface area contributed by atoms with Crippen molar-refractivity contribution >= 4 is 34.3 Å². The highest BCUT2D eigenvalue weighted by atomic mass is 35.5. The van der Waals surface area contributed by atoms with Crippen LogP contribution in [0.3, 0.4) is 0 Å². The number of carbonyl (C=O) groups excluding carboxylic acids is 2. The normalized spacial score (nSPS) is 11.6. The van der Waals surface area contributed by atoms with E-state index >= 15 is 0 Å². The highest BCUT2D eigenvalue weighted by Crippen LogP contribution is 2.10. The van der Waals surface area contributed by atoms with Crippen LogP contribution in [0.5, 0.6) is 0 Å². The highest BCUT2D eigenvalue weighted by Gasteiger charge is 2.11. The molecule has 0 aromatic heterocycles. The van der Waals surface area contributed by atoms with Crippen LogP contribution in [0.2, 0.25) is 5.02 Å². The van der Waals surface area contributed by atoms with Crippen molar-refractivity contribution in [2.75, 3.05) is 12.9 Å². The van der Waals surface area contributed by atoms with Crippen LogP contribution in [0.4, 0.5) is 0 Å². The van der Waals surface area contributed by atoms with Crippen LogP contribution in [0.1, 0.15) is 21.5 Å². The molecule has 0 radical (unpaired) electrons. The second kappa shape index (κ2) is 9.34. The maximum atomic E-state index is 12.0. The molecule has 7 heteroatoms. The zero-order valence-electron chi connectivity index (χ0n) is 13.7. The number of rotatable bonds is 7. The van der Waals surface area contributed by atoms with Gasteiger partial charge < -0.3 is 10.1 Å². The first-order valence-electron chi connectivity index (χ1n) is 7.51. The minimum Gasteiger partial charge on any atom is -0.452 e. The summed E-state index contributed by atoms with van der Waals surface area (Å²) in [5.41, 5.74) is 1.96. The van der Waals surface area contributed by atoms with Gasteiger partial charge in [0.15, 0.2) is 6.61 Å². The van der Waals surface area contributed by atoms with Gasteiger partial charge in [0, 0.05) is 34.4 Å². The summed E-state index contributed by atoms with van der Waals surface area (Å²) >= 11 is 5.87. The number of amides is 1. The molecule has 0 saturated heterocycles. The number of hydrogen-bond donors (Lipinski definition) is 1. The van der Waals surface area contributed by atoms with E-state index in [4.69, 9.17) is 16.3 Å². The lowest BCUT2D eigenvalue weighted by Gasteiger charge is -2.08. The molecule has 0 aliphatic carbocycles. The third kappa shape index (κ3) is 6.68. The minimum absolute atomic E-state index is 0.300. The van der Waals surface area contributed by atoms with Gasteiger partial charge in [0.25, 0.3) is 5.91 Å². The van der Waals surface area contributed by atoms with Crippen molar-refractivity contribution in [2.24, 2.45) is 0 Å². The quantitative estimate of drug-likeness (QED) is 0.751. The van der Waals surface area contributed by atoms with E-state index in [1.54, 1.807) is 48.7 Å². The lowest BCUT2D eigenvalue weighted by atomic mass is 10.1. The van der Waals surface area contributed by atoms with Gasteiger partial charge in [-0.2, -0.15) is 0 Å². The number of benzene rings is 2. The smallest absolute Gasteiger partial charge is 0.338 e. The van der Waals surface area contributed by atoms with Gasteiger partial charge in [0.05, 0.1) is 5.56 Å². The van der Waals surface area contributed by atoms with Crippen LogP contribution in [-0.2, 0) is 32.6 Å². The molecule has 1 unspecified atom stereocenters. The Kier molecular flexibility index (Phi) is 7.16. The Bertz CT molecular complexity index is 794. The van der Waals surface area contributed by atoms with Crippen molar-refractivity contribution in [3.05, 3.63) is 70.2 Å². The van der Waals surface area contributed by atoms with Crippen LogP contribution in [-0.4, -0.2) is 28.9 Å². The molecule has 0 aliphatic rings. The third-order valence-electron chi connectivity index (χ3n) is 3.25. The number of nitrogens with one attached hydrogen (secondary N) is 1. The van der Waals surface area contributed by atoms with Gasteiger partial charge in [0.1, 0.15) is 0 Å². The SMILES string of the molecule is CS(=O)Cc1cccc(C(=O)OCC(=O)NCc2cccc(Cl)c2)c1. The van der Waals surface area contributed by atoms with Crippen LogP contribution in [0.15, 0.2) is 48.5 Å². The summed E-state index contributed by atoms with van der Waals surface area (Å²) in [7, 11) is -0.997. The molecule has 1 atom stereocenters. The van der Waals surface area contributed by atoms with Crippen molar-refractivity contribution in [3.63, 3.8) is 0 Å². The van der Waals surface area contributed by atoms with Crippen LogP contribution < -0.4 is 5.32 Å². The first-order valence-corrected chi connectivity index (χ1v) is 9.62. The van der Waals surface area contributed by atoms with Crippen LogP contribution in [0.25, 0.3) is 0 Å². The Balaban J connectivity index is 1.83. The molecular weight excluding hydrogens is 362 g/mol. The number of ether oxygens (including phenoxy) is 1. The fraction of sp³-hybridized carbons (Fsp3) is 0.222. The van der Waals surface area contributed by atoms with Crippen molar-refractivity contribution in [1.82, 2.24) is 5.32 Å². The number of esters is 1. The van der Waals surface area contributed by atoms with Gasteiger partial charge in [-0.15, -0.1) is 0 Å². The number of halogens is 1. The Labute approximate surface area is 153 Å². The van der Waals surface area contributed by atoms with Gasteiger partial charge in [-0.1, -0.05) is 35.9 Å². The molecule has 0 saturated carbocycles. The summed E-state index contributed by atoms with van der Waals surface area (Å²) < 4.78 is 16.3. The molecule has 0 spiro atoms. The van der Waals surface area contributed by atoms with E-state index in [2.05, 4.69) is 5.32 Å². The van der Waals surface area contributed by atoms with Gasteiger partial charge in [0.2, 0.25) is 0 Å². The monoisotopic (exact) mass is 379 g/mol. The molecule has 0 aliphatic heterocycles. The van der Waals surface area contributed by atoms with E-state index in [-0.39, 0.29) is 6.61 Å². The minimum atomic E-state index is -0.997. The molecule has 1 N–H and O–H groups in total. The number of hydrogen-bond acceptors (Lipinski definition) is 4. The first kappa shape index (κ1) is 19.1. The van der Waals surface area contributed by atoms with E-state index in [1.165, 1.54) is 0 Å². The Morgan fingerprint density at radius 1 is 1.12 bits per heavy atom. The van der Waals surface area contributed by atoms with Crippen molar-refractivity contribution in [1.29, 1.82) is 0 Å². The maximum absolute atomic E-state index is 12.0. The second-order valence-corrected chi connectivity index (χ2v) is 7.27. The van der Waals surface area contributed by atoms with Crippen LogP contribution >= 0.6 is 11.6 Å². The predicted octanol–water partition coefficient (Wildman–Crippen LogP) is 2.69. The van der Waals surface area contributed by atoms with E-state index in [0.717, 1.165) is 11.1 Å². The molecule has 132 valence electrons. The largest absolute Gasteiger partial charge is 0.452 e. The lowest BCUT2D eigenvalue weighted by molar-refractivity contribution is -0.124. The van der Waals surface area contributed by atoms with Crippen molar-refractivity contribution in [2.45, 2.75) is 12.3 Å². The van der Waals surface area contributed by atoms with Gasteiger partial charge in [-0.3, -0.25) is 9.00 Å². The molecule has 0 heterocycles. The molecule has 5 nitrogen and oxygen atoms in total. The summed E-state index contributed by atoms with van der Waals surface area (Å²) in [6, 6.07) is 13.8. The molecule has 0 fully saturated rings. The van der Waals surface area contributed by atoms with Crippen molar-refractivity contribution in [3.8, 4) is 0 Å². The molecule has 0 bridgehead atoms. The highest BCUT2D eigenvalue weighted by molar-refractivity contribution is 7.83. The molecule has 2 aromatic carbocycles. The molecular formula is C18H18ClNO4S. The fourth-order valence-electron chi connectivity index (χ4n) is 2.14. The van der Waals surface area contributed by atoms with Gasteiger partial charge >= 0.3 is 5.97 Å². The second-order valence-electron chi connectivity index (χ2n) is 5.40. The average molecular weight is 380 g/mol. The summed E-state index contributed by atoms with van der Waals surface area (Å²) in [4.78, 5) is 23.8. The lowest BCUT2D eigenvalue weighted by Crippen LogP contribution is -2.28. The van der Waals surface area contributed by atoms with Crippen molar-refractivity contribution < 1.29 is 18.5 Å². The summed E-state index contributed by atoms with van der Waals surface area (Å²) in [6.45, 7) is -0.0714. The average Bonchev–Trinajstić information content (AvgIpc) is 2.57.